The van der Waals surface area contributed by atoms with Crippen molar-refractivity contribution < 1.29 is 50.0 Å². The molecule has 1 aliphatic rings. The molecule has 1 saturated heterocycles. The van der Waals surface area contributed by atoms with E-state index in [2.05, 4.69) is 31.3 Å². The molecule has 1 rings (SSSR count). The molecule has 410 valence electrons. The number of hydrogen-bond acceptors (Lipinski definition) is 10. The van der Waals surface area contributed by atoms with Crippen LogP contribution in [0.15, 0.2) is 12.2 Å². The van der Waals surface area contributed by atoms with Gasteiger partial charge in [-0.05, 0) is 38.5 Å². The highest BCUT2D eigenvalue weighted by molar-refractivity contribution is 5.80. The van der Waals surface area contributed by atoms with Crippen molar-refractivity contribution in [3.8, 4) is 0 Å². The number of ether oxygens (including phenoxy) is 2. The monoisotopic (exact) mass is 984 g/mol. The van der Waals surface area contributed by atoms with E-state index in [1.807, 2.05) is 0 Å². The molecule has 0 spiro atoms. The van der Waals surface area contributed by atoms with Crippen LogP contribution in [0, 0.1) is 0 Å². The molecule has 0 aromatic carbocycles. The van der Waals surface area contributed by atoms with E-state index in [-0.39, 0.29) is 12.8 Å². The van der Waals surface area contributed by atoms with Crippen LogP contribution in [-0.2, 0) is 14.3 Å². The number of nitrogens with one attached hydrogen (secondary N) is 1. The Morgan fingerprint density at radius 3 is 1.25 bits per heavy atom. The molecule has 1 amide bonds. The maximum absolute atomic E-state index is 13.2. The van der Waals surface area contributed by atoms with Crippen LogP contribution >= 0.6 is 0 Å². The first kappa shape index (κ1) is 65.9. The summed E-state index contributed by atoms with van der Waals surface area (Å²) in [6.07, 6.45) is 44.1. The van der Waals surface area contributed by atoms with Gasteiger partial charge in [0.15, 0.2) is 6.29 Å². The minimum absolute atomic E-state index is 0.259. The van der Waals surface area contributed by atoms with Gasteiger partial charge in [0.25, 0.3) is 0 Å². The molecule has 1 aliphatic heterocycles. The average molecular weight is 985 g/mol. The van der Waals surface area contributed by atoms with E-state index >= 15 is 0 Å². The Morgan fingerprint density at radius 1 is 0.493 bits per heavy atom. The Balaban J connectivity index is 2.31. The lowest BCUT2D eigenvalue weighted by atomic mass is 9.98. The van der Waals surface area contributed by atoms with Crippen molar-refractivity contribution in [2.24, 2.45) is 0 Å². The summed E-state index contributed by atoms with van der Waals surface area (Å²) in [6.45, 7) is 3.48. The smallest absolute Gasteiger partial charge is 0.249 e. The summed E-state index contributed by atoms with van der Waals surface area (Å²) in [5, 5.41) is 76.1. The van der Waals surface area contributed by atoms with Crippen molar-refractivity contribution in [1.82, 2.24) is 5.32 Å². The molecule has 0 bridgehead atoms. The zero-order valence-electron chi connectivity index (χ0n) is 44.8. The van der Waals surface area contributed by atoms with Crippen molar-refractivity contribution in [1.29, 1.82) is 0 Å². The molecular formula is C58H113NO10. The topological polar surface area (TPSA) is 189 Å². The second-order valence-corrected chi connectivity index (χ2v) is 21.1. The zero-order chi connectivity index (χ0) is 50.4. The number of unbranched alkanes of at least 4 members (excludes halogenated alkanes) is 37. The Hall–Kier alpha value is -1.15. The molecular weight excluding hydrogens is 871 g/mol. The first-order valence-electron chi connectivity index (χ1n) is 29.6. The van der Waals surface area contributed by atoms with Crippen molar-refractivity contribution in [2.75, 3.05) is 13.2 Å². The summed E-state index contributed by atoms with van der Waals surface area (Å²) in [4.78, 5) is 13.2. The van der Waals surface area contributed by atoms with Crippen LogP contribution in [0.1, 0.15) is 284 Å². The van der Waals surface area contributed by atoms with Crippen LogP contribution < -0.4 is 5.32 Å². The van der Waals surface area contributed by atoms with Gasteiger partial charge in [-0.2, -0.15) is 0 Å². The molecule has 0 aromatic heterocycles. The van der Waals surface area contributed by atoms with Gasteiger partial charge < -0.3 is 50.5 Å². The van der Waals surface area contributed by atoms with Gasteiger partial charge in [0, 0.05) is 0 Å². The van der Waals surface area contributed by atoms with E-state index in [0.29, 0.717) is 12.8 Å². The summed E-state index contributed by atoms with van der Waals surface area (Å²) in [5.41, 5.74) is 0. The lowest BCUT2D eigenvalue weighted by Crippen LogP contribution is -2.60. The molecule has 1 fully saturated rings. The number of aliphatic hydroxyl groups is 7. The molecule has 0 aliphatic carbocycles. The van der Waals surface area contributed by atoms with Crippen LogP contribution in [0.2, 0.25) is 0 Å². The third-order valence-corrected chi connectivity index (χ3v) is 14.6. The molecule has 1 heterocycles. The number of hydrogen-bond donors (Lipinski definition) is 8. The normalized spacial score (nSPS) is 20.4. The molecule has 0 aromatic rings. The highest BCUT2D eigenvalue weighted by Gasteiger charge is 2.44. The van der Waals surface area contributed by atoms with Crippen molar-refractivity contribution >= 4 is 5.91 Å². The van der Waals surface area contributed by atoms with Gasteiger partial charge in [-0.1, -0.05) is 257 Å². The van der Waals surface area contributed by atoms with Crippen molar-refractivity contribution in [3.05, 3.63) is 12.2 Å². The van der Waals surface area contributed by atoms with E-state index in [1.54, 1.807) is 0 Å². The van der Waals surface area contributed by atoms with E-state index in [4.69, 9.17) is 9.47 Å². The van der Waals surface area contributed by atoms with E-state index < -0.39 is 74.2 Å². The fraction of sp³-hybridized carbons (Fsp3) is 0.948. The predicted octanol–water partition coefficient (Wildman–Crippen LogP) is 12.4. The second kappa shape index (κ2) is 47.8. The fourth-order valence-electron chi connectivity index (χ4n) is 9.74. The van der Waals surface area contributed by atoms with Gasteiger partial charge in [0.1, 0.15) is 36.6 Å². The molecule has 8 N–H and O–H groups in total. The highest BCUT2D eigenvalue weighted by atomic mass is 16.7. The minimum atomic E-state index is -1.66. The van der Waals surface area contributed by atoms with Crippen LogP contribution in [0.25, 0.3) is 0 Å². The molecule has 0 radical (unpaired) electrons. The van der Waals surface area contributed by atoms with Gasteiger partial charge >= 0.3 is 0 Å². The number of allylic oxidation sites excluding steroid dienone is 2. The van der Waals surface area contributed by atoms with Crippen LogP contribution in [0.5, 0.6) is 0 Å². The fourth-order valence-corrected chi connectivity index (χ4v) is 9.74. The SMILES string of the molecule is CCCCCCCCCCCCCCCCCCCCC/C=C/CCCC(O)C(O)C(COC1OC(CO)C(O)C(O)C1O)NC(=O)C(O)CCCCCCCCCCCCCCCCCCCC. The number of carbonyl (C=O) groups is 1. The minimum Gasteiger partial charge on any atom is -0.394 e. The Morgan fingerprint density at radius 2 is 0.855 bits per heavy atom. The van der Waals surface area contributed by atoms with Gasteiger partial charge in [-0.3, -0.25) is 4.79 Å². The predicted molar refractivity (Wildman–Crippen MR) is 284 cm³/mol. The second-order valence-electron chi connectivity index (χ2n) is 21.1. The van der Waals surface area contributed by atoms with Gasteiger partial charge in [0.05, 0.1) is 25.4 Å². The molecule has 69 heavy (non-hydrogen) atoms. The zero-order valence-corrected chi connectivity index (χ0v) is 44.8. The summed E-state index contributed by atoms with van der Waals surface area (Å²) in [5.74, 6) is -0.701. The maximum Gasteiger partial charge on any atom is 0.249 e. The summed E-state index contributed by atoms with van der Waals surface area (Å²) >= 11 is 0. The molecule has 11 heteroatoms. The van der Waals surface area contributed by atoms with Crippen LogP contribution in [-0.4, -0.2) is 110 Å². The molecule has 9 atom stereocenters. The summed E-state index contributed by atoms with van der Waals surface area (Å²) in [6, 6.07) is -1.18. The first-order chi connectivity index (χ1) is 33.7. The van der Waals surface area contributed by atoms with Crippen molar-refractivity contribution in [3.63, 3.8) is 0 Å². The average Bonchev–Trinajstić information content (AvgIpc) is 3.35. The van der Waals surface area contributed by atoms with Crippen LogP contribution in [0.4, 0.5) is 0 Å². The summed E-state index contributed by atoms with van der Waals surface area (Å²) < 4.78 is 11.1. The number of amides is 1. The third-order valence-electron chi connectivity index (χ3n) is 14.6. The van der Waals surface area contributed by atoms with Gasteiger partial charge in [-0.25, -0.2) is 0 Å². The Bertz CT molecular complexity index is 1130. The maximum atomic E-state index is 13.2. The van der Waals surface area contributed by atoms with E-state index in [9.17, 15) is 40.5 Å². The molecule has 11 nitrogen and oxygen atoms in total. The van der Waals surface area contributed by atoms with Crippen LogP contribution in [0.3, 0.4) is 0 Å². The Kier molecular flexibility index (Phi) is 45.7. The lowest BCUT2D eigenvalue weighted by Gasteiger charge is -2.40. The number of rotatable bonds is 51. The first-order valence-corrected chi connectivity index (χ1v) is 29.6. The number of aliphatic hydroxyl groups excluding tert-OH is 7. The Labute approximate surface area is 423 Å². The highest BCUT2D eigenvalue weighted by Crippen LogP contribution is 2.23. The molecule has 0 saturated carbocycles. The molecule has 9 unspecified atom stereocenters. The third kappa shape index (κ3) is 36.4. The van der Waals surface area contributed by atoms with Crippen molar-refractivity contribution in [2.45, 2.75) is 339 Å². The lowest BCUT2D eigenvalue weighted by molar-refractivity contribution is -0.303. The number of carbonyl (C=O) groups excluding carboxylic acids is 1. The largest absolute Gasteiger partial charge is 0.394 e. The van der Waals surface area contributed by atoms with Gasteiger partial charge in [0.2, 0.25) is 5.91 Å². The van der Waals surface area contributed by atoms with E-state index in [0.717, 1.165) is 38.5 Å². The quantitative estimate of drug-likeness (QED) is 0.0215. The summed E-state index contributed by atoms with van der Waals surface area (Å²) in [7, 11) is 0. The standard InChI is InChI=1S/C58H113NO10/c1-3-5-7-9-11-13-15-17-19-21-23-24-25-26-27-28-30-31-33-35-37-39-41-43-45-50(61)53(63)49(48-68-58-56(66)55(65)54(64)52(47-60)69-58)59-57(67)51(62)46-44-42-40-38-36-34-32-29-22-20-18-16-14-12-10-8-6-4-2/h37,39,49-56,58,60-66H,3-36,38,40-48H2,1-2H3,(H,59,67)/b39-37+. The van der Waals surface area contributed by atoms with Gasteiger partial charge in [-0.15, -0.1) is 0 Å². The van der Waals surface area contributed by atoms with E-state index in [1.165, 1.54) is 205 Å².